The van der Waals surface area contributed by atoms with Gasteiger partial charge in [0.2, 0.25) is 0 Å². The quantitative estimate of drug-likeness (QED) is 0.593. The summed E-state index contributed by atoms with van der Waals surface area (Å²) in [5.41, 5.74) is 6.47. The summed E-state index contributed by atoms with van der Waals surface area (Å²) in [5, 5.41) is 2.88. The molecule has 0 aliphatic rings. The van der Waals surface area contributed by atoms with Gasteiger partial charge in [-0.3, -0.25) is 4.79 Å². The number of thiocarbonyl (C=S) groups is 1. The molecule has 0 bridgehead atoms. The van der Waals surface area contributed by atoms with E-state index in [-0.39, 0.29) is 17.5 Å². The Labute approximate surface area is 93.4 Å². The van der Waals surface area contributed by atoms with Crippen LogP contribution in [-0.2, 0) is 4.74 Å². The number of carbonyl (C=O) groups is 1. The molecule has 3 N–H and O–H groups in total. The minimum atomic E-state index is -0.114. The number of ether oxygens (including phenoxy) is 1. The molecular formula is C10H12N2O2S. The molecule has 0 aliphatic heterocycles. The predicted molar refractivity (Wildman–Crippen MR) is 63.1 cm³/mol. The Morgan fingerprint density at radius 3 is 2.80 bits per heavy atom. The molecule has 0 saturated carbocycles. The Morgan fingerprint density at radius 2 is 2.20 bits per heavy atom. The number of hydrogen-bond donors (Lipinski definition) is 2. The Morgan fingerprint density at radius 1 is 1.53 bits per heavy atom. The van der Waals surface area contributed by atoms with E-state index in [0.29, 0.717) is 11.3 Å². The largest absolute Gasteiger partial charge is 0.377 e. The van der Waals surface area contributed by atoms with Crippen LogP contribution < -0.4 is 11.1 Å². The number of rotatable bonds is 4. The van der Waals surface area contributed by atoms with Crippen LogP contribution in [0.1, 0.15) is 10.4 Å². The summed E-state index contributed by atoms with van der Waals surface area (Å²) < 4.78 is 4.78. The van der Waals surface area contributed by atoms with Crippen LogP contribution in [0.25, 0.3) is 0 Å². The maximum atomic E-state index is 11.6. The molecule has 0 radical (unpaired) electrons. The van der Waals surface area contributed by atoms with Gasteiger partial charge in [0.25, 0.3) is 0 Å². The Bertz CT molecular complexity index is 379. The van der Waals surface area contributed by atoms with Gasteiger partial charge in [-0.25, -0.2) is 0 Å². The maximum absolute atomic E-state index is 11.6. The molecule has 1 rings (SSSR count). The summed E-state index contributed by atoms with van der Waals surface area (Å²) in [6.07, 6.45) is 0. The lowest BCUT2D eigenvalue weighted by Crippen LogP contribution is -2.21. The Hall–Kier alpha value is -1.46. The highest BCUT2D eigenvalue weighted by molar-refractivity contribution is 7.80. The molecule has 15 heavy (non-hydrogen) atoms. The van der Waals surface area contributed by atoms with Gasteiger partial charge in [-0.2, -0.15) is 0 Å². The molecule has 0 unspecified atom stereocenters. The van der Waals surface area contributed by atoms with Crippen LogP contribution in [0.4, 0.5) is 5.69 Å². The normalized spacial score (nSPS) is 9.67. The van der Waals surface area contributed by atoms with E-state index < -0.39 is 0 Å². The van der Waals surface area contributed by atoms with Gasteiger partial charge >= 0.3 is 0 Å². The monoisotopic (exact) mass is 224 g/mol. The molecule has 4 nitrogen and oxygen atoms in total. The molecule has 0 aromatic heterocycles. The lowest BCUT2D eigenvalue weighted by atomic mass is 10.1. The number of methoxy groups -OCH3 is 1. The van der Waals surface area contributed by atoms with Crippen molar-refractivity contribution in [2.45, 2.75) is 0 Å². The second kappa shape index (κ2) is 5.43. The van der Waals surface area contributed by atoms with Crippen molar-refractivity contribution in [3.05, 3.63) is 29.8 Å². The molecule has 0 spiro atoms. The van der Waals surface area contributed by atoms with E-state index in [2.05, 4.69) is 5.32 Å². The second-order valence-electron chi connectivity index (χ2n) is 2.89. The summed E-state index contributed by atoms with van der Waals surface area (Å²) in [7, 11) is 1.47. The molecule has 0 atom stereocenters. The number of Topliss-reactive ketones (excluding diaryl/α,β-unsaturated/α-hetero) is 1. The smallest absolute Gasteiger partial charge is 0.190 e. The highest BCUT2D eigenvalue weighted by atomic mass is 32.1. The molecule has 1 aromatic carbocycles. The van der Waals surface area contributed by atoms with Gasteiger partial charge in [0, 0.05) is 12.7 Å². The van der Waals surface area contributed by atoms with Crippen molar-refractivity contribution >= 4 is 28.8 Å². The molecule has 0 heterocycles. The fourth-order valence-corrected chi connectivity index (χ4v) is 1.29. The van der Waals surface area contributed by atoms with Gasteiger partial charge in [0.05, 0.1) is 5.69 Å². The zero-order valence-electron chi connectivity index (χ0n) is 8.32. The number of para-hydroxylation sites is 1. The summed E-state index contributed by atoms with van der Waals surface area (Å²) in [5.74, 6) is -0.114. The minimum Gasteiger partial charge on any atom is -0.377 e. The summed E-state index contributed by atoms with van der Waals surface area (Å²) in [6.45, 7) is 0.0377. The Kier molecular flexibility index (Phi) is 4.20. The number of carbonyl (C=O) groups excluding carboxylic acids is 1. The maximum Gasteiger partial charge on any atom is 0.190 e. The van der Waals surface area contributed by atoms with Crippen molar-refractivity contribution in [2.75, 3.05) is 19.0 Å². The zero-order chi connectivity index (χ0) is 11.3. The van der Waals surface area contributed by atoms with Gasteiger partial charge in [-0.05, 0) is 24.4 Å². The number of nitrogens with one attached hydrogen (secondary N) is 1. The van der Waals surface area contributed by atoms with Gasteiger partial charge in [-0.15, -0.1) is 0 Å². The second-order valence-corrected chi connectivity index (χ2v) is 3.33. The average Bonchev–Trinajstić information content (AvgIpc) is 2.18. The van der Waals surface area contributed by atoms with Crippen molar-refractivity contribution in [1.82, 2.24) is 0 Å². The SMILES string of the molecule is COCC(=O)c1ccccc1NC(N)=S. The van der Waals surface area contributed by atoms with E-state index >= 15 is 0 Å². The number of hydrogen-bond acceptors (Lipinski definition) is 3. The first-order valence-electron chi connectivity index (χ1n) is 4.32. The highest BCUT2D eigenvalue weighted by Gasteiger charge is 2.10. The molecule has 0 aliphatic carbocycles. The lowest BCUT2D eigenvalue weighted by molar-refractivity contribution is 0.0849. The summed E-state index contributed by atoms with van der Waals surface area (Å²) in [6, 6.07) is 7.00. The van der Waals surface area contributed by atoms with E-state index in [9.17, 15) is 4.79 Å². The first kappa shape index (κ1) is 11.6. The van der Waals surface area contributed by atoms with Crippen molar-refractivity contribution in [1.29, 1.82) is 0 Å². The van der Waals surface area contributed by atoms with Crippen molar-refractivity contribution in [3.63, 3.8) is 0 Å². The van der Waals surface area contributed by atoms with Crippen LogP contribution in [0.15, 0.2) is 24.3 Å². The average molecular weight is 224 g/mol. The van der Waals surface area contributed by atoms with E-state index in [0.717, 1.165) is 0 Å². The van der Waals surface area contributed by atoms with Gasteiger partial charge in [0.15, 0.2) is 10.9 Å². The third kappa shape index (κ3) is 3.30. The predicted octanol–water partition coefficient (Wildman–Crippen LogP) is 1.17. The van der Waals surface area contributed by atoms with Crippen LogP contribution >= 0.6 is 12.2 Å². The number of benzene rings is 1. The van der Waals surface area contributed by atoms with Gasteiger partial charge in [0.1, 0.15) is 6.61 Å². The standard InChI is InChI=1S/C10H12N2O2S/c1-14-6-9(13)7-4-2-3-5-8(7)12-10(11)15/h2-5H,6H2,1H3,(H3,11,12,15). The summed E-state index contributed by atoms with van der Waals surface area (Å²) in [4.78, 5) is 11.6. The third-order valence-corrected chi connectivity index (χ3v) is 1.86. The molecule has 80 valence electrons. The summed E-state index contributed by atoms with van der Waals surface area (Å²) >= 11 is 4.71. The van der Waals surface area contributed by atoms with E-state index in [1.807, 2.05) is 0 Å². The van der Waals surface area contributed by atoms with Crippen LogP contribution in [0.3, 0.4) is 0 Å². The minimum absolute atomic E-state index is 0.0377. The van der Waals surface area contributed by atoms with Crippen LogP contribution in [0, 0.1) is 0 Å². The third-order valence-electron chi connectivity index (χ3n) is 1.76. The molecule has 0 saturated heterocycles. The van der Waals surface area contributed by atoms with E-state index in [4.69, 9.17) is 22.7 Å². The topological polar surface area (TPSA) is 64.3 Å². The molecule has 5 heteroatoms. The lowest BCUT2D eigenvalue weighted by Gasteiger charge is -2.08. The van der Waals surface area contributed by atoms with Crippen molar-refractivity contribution < 1.29 is 9.53 Å². The first-order valence-corrected chi connectivity index (χ1v) is 4.73. The van der Waals surface area contributed by atoms with Crippen LogP contribution in [0.2, 0.25) is 0 Å². The van der Waals surface area contributed by atoms with E-state index in [1.165, 1.54) is 7.11 Å². The molecule has 1 aromatic rings. The molecular weight excluding hydrogens is 212 g/mol. The number of ketones is 1. The van der Waals surface area contributed by atoms with Crippen LogP contribution in [0.5, 0.6) is 0 Å². The number of anilines is 1. The Balaban J connectivity index is 2.95. The fourth-order valence-electron chi connectivity index (χ4n) is 1.18. The first-order chi connectivity index (χ1) is 7.15. The van der Waals surface area contributed by atoms with Crippen molar-refractivity contribution in [3.8, 4) is 0 Å². The highest BCUT2D eigenvalue weighted by Crippen LogP contribution is 2.15. The zero-order valence-corrected chi connectivity index (χ0v) is 9.14. The number of nitrogens with two attached hydrogens (primary N) is 1. The van der Waals surface area contributed by atoms with E-state index in [1.54, 1.807) is 24.3 Å². The fraction of sp³-hybridized carbons (Fsp3) is 0.200. The van der Waals surface area contributed by atoms with Gasteiger partial charge < -0.3 is 15.8 Å². The molecule has 0 fully saturated rings. The van der Waals surface area contributed by atoms with Gasteiger partial charge in [-0.1, -0.05) is 12.1 Å². The van der Waals surface area contributed by atoms with Crippen LogP contribution in [-0.4, -0.2) is 24.6 Å². The molecule has 0 amide bonds. The van der Waals surface area contributed by atoms with Crippen molar-refractivity contribution in [2.24, 2.45) is 5.73 Å².